The molecule has 17 heavy (non-hydrogen) atoms. The molecule has 0 spiro atoms. The molecule has 1 aliphatic carbocycles. The molecule has 96 valence electrons. The third-order valence-corrected chi connectivity index (χ3v) is 4.13. The first-order valence-corrected chi connectivity index (χ1v) is 6.54. The Kier molecular flexibility index (Phi) is 3.31. The van der Waals surface area contributed by atoms with Crippen molar-refractivity contribution in [3.05, 3.63) is 5.69 Å². The highest BCUT2D eigenvalue weighted by Crippen LogP contribution is 2.33. The second kappa shape index (κ2) is 4.59. The maximum Gasteiger partial charge on any atom is 0.150 e. The van der Waals surface area contributed by atoms with E-state index in [-0.39, 0.29) is 0 Å². The fourth-order valence-electron chi connectivity index (χ4n) is 3.11. The minimum atomic E-state index is 0.598. The molecule has 4 nitrogen and oxygen atoms in total. The summed E-state index contributed by atoms with van der Waals surface area (Å²) in [6.45, 7) is 4.32. The van der Waals surface area contributed by atoms with Crippen molar-refractivity contribution in [3.63, 3.8) is 0 Å². The molecule has 0 aromatic carbocycles. The lowest BCUT2D eigenvalue weighted by molar-refractivity contribution is 0.319. The van der Waals surface area contributed by atoms with Crippen LogP contribution in [0.3, 0.4) is 0 Å². The van der Waals surface area contributed by atoms with Crippen molar-refractivity contribution >= 4 is 11.5 Å². The summed E-state index contributed by atoms with van der Waals surface area (Å²) in [7, 11) is 4.13. The van der Waals surface area contributed by atoms with Crippen LogP contribution in [0.5, 0.6) is 0 Å². The maximum absolute atomic E-state index is 6.13. The normalized spacial score (nSPS) is 24.9. The van der Waals surface area contributed by atoms with Crippen LogP contribution >= 0.6 is 0 Å². The zero-order chi connectivity index (χ0) is 12.6. The zero-order valence-corrected chi connectivity index (χ0v) is 11.4. The summed E-state index contributed by atoms with van der Waals surface area (Å²) in [5.74, 6) is 1.81. The number of aromatic nitrogens is 2. The highest BCUT2D eigenvalue weighted by Gasteiger charge is 2.28. The summed E-state index contributed by atoms with van der Waals surface area (Å²) < 4.78 is 1.91. The molecule has 0 aliphatic heterocycles. The second-order valence-electron chi connectivity index (χ2n) is 5.39. The standard InChI is InChI=1S/C13H24N4/c1-9-7-5-6-8-11(9)16(3)13-12(14)10(2)15-17(13)4/h9,11H,5-8,14H2,1-4H3. The topological polar surface area (TPSA) is 47.1 Å². The first-order valence-electron chi connectivity index (χ1n) is 6.54. The Morgan fingerprint density at radius 1 is 1.35 bits per heavy atom. The Morgan fingerprint density at radius 3 is 2.53 bits per heavy atom. The van der Waals surface area contributed by atoms with Gasteiger partial charge < -0.3 is 10.6 Å². The molecule has 1 fully saturated rings. The van der Waals surface area contributed by atoms with Crippen molar-refractivity contribution in [2.24, 2.45) is 13.0 Å². The number of nitrogens with two attached hydrogens (primary N) is 1. The number of hydrogen-bond donors (Lipinski definition) is 1. The predicted octanol–water partition coefficient (Wildman–Crippen LogP) is 2.33. The molecule has 1 aromatic rings. The molecular formula is C13H24N4. The molecule has 2 N–H and O–H groups in total. The lowest BCUT2D eigenvalue weighted by Gasteiger charge is -2.37. The van der Waals surface area contributed by atoms with Gasteiger partial charge in [0.2, 0.25) is 0 Å². The average molecular weight is 236 g/mol. The van der Waals surface area contributed by atoms with Gasteiger partial charge in [-0.15, -0.1) is 0 Å². The van der Waals surface area contributed by atoms with Gasteiger partial charge in [-0.3, -0.25) is 4.68 Å². The Labute approximate surface area is 104 Å². The van der Waals surface area contributed by atoms with E-state index in [9.17, 15) is 0 Å². The Morgan fingerprint density at radius 2 is 2.00 bits per heavy atom. The minimum Gasteiger partial charge on any atom is -0.394 e. The van der Waals surface area contributed by atoms with Crippen LogP contribution in [-0.4, -0.2) is 22.9 Å². The third kappa shape index (κ3) is 2.13. The maximum atomic E-state index is 6.13. The number of rotatable bonds is 2. The van der Waals surface area contributed by atoms with E-state index in [0.29, 0.717) is 6.04 Å². The van der Waals surface area contributed by atoms with E-state index in [1.54, 1.807) is 0 Å². The Bertz CT molecular complexity index is 396. The van der Waals surface area contributed by atoms with E-state index in [0.717, 1.165) is 23.1 Å². The molecule has 2 unspecified atom stereocenters. The van der Waals surface area contributed by atoms with E-state index >= 15 is 0 Å². The summed E-state index contributed by atoms with van der Waals surface area (Å²) in [6, 6.07) is 0.598. The summed E-state index contributed by atoms with van der Waals surface area (Å²) in [6.07, 6.45) is 5.29. The van der Waals surface area contributed by atoms with Gasteiger partial charge in [-0.2, -0.15) is 5.10 Å². The molecule has 0 bridgehead atoms. The van der Waals surface area contributed by atoms with Crippen molar-refractivity contribution in [2.45, 2.75) is 45.6 Å². The van der Waals surface area contributed by atoms with Gasteiger partial charge in [0.25, 0.3) is 0 Å². The molecular weight excluding hydrogens is 212 g/mol. The minimum absolute atomic E-state index is 0.598. The largest absolute Gasteiger partial charge is 0.394 e. The van der Waals surface area contributed by atoms with E-state index in [1.807, 2.05) is 18.7 Å². The van der Waals surface area contributed by atoms with Gasteiger partial charge in [-0.25, -0.2) is 0 Å². The van der Waals surface area contributed by atoms with E-state index in [2.05, 4.69) is 24.0 Å². The van der Waals surface area contributed by atoms with Crippen LogP contribution in [-0.2, 0) is 7.05 Å². The summed E-state index contributed by atoms with van der Waals surface area (Å²) in [5.41, 5.74) is 7.89. The molecule has 1 saturated carbocycles. The van der Waals surface area contributed by atoms with Crippen LogP contribution in [0.2, 0.25) is 0 Å². The first kappa shape index (κ1) is 12.3. The second-order valence-corrected chi connectivity index (χ2v) is 5.39. The molecule has 1 heterocycles. The molecule has 0 amide bonds. The Hall–Kier alpha value is -1.19. The fourth-order valence-corrected chi connectivity index (χ4v) is 3.11. The SMILES string of the molecule is Cc1nn(C)c(N(C)C2CCCCC2C)c1N. The molecule has 1 aromatic heterocycles. The zero-order valence-electron chi connectivity index (χ0n) is 11.4. The van der Waals surface area contributed by atoms with Gasteiger partial charge in [0.05, 0.1) is 11.4 Å². The van der Waals surface area contributed by atoms with Crippen molar-refractivity contribution < 1.29 is 0 Å². The van der Waals surface area contributed by atoms with Crippen LogP contribution in [0, 0.1) is 12.8 Å². The third-order valence-electron chi connectivity index (χ3n) is 4.13. The predicted molar refractivity (Wildman–Crippen MR) is 72.2 cm³/mol. The average Bonchev–Trinajstić information content (AvgIpc) is 2.53. The lowest BCUT2D eigenvalue weighted by Crippen LogP contribution is -2.40. The quantitative estimate of drug-likeness (QED) is 0.857. The number of anilines is 2. The van der Waals surface area contributed by atoms with Gasteiger partial charge in [0, 0.05) is 20.1 Å². The number of aryl methyl sites for hydroxylation is 2. The highest BCUT2D eigenvalue weighted by molar-refractivity contribution is 5.66. The van der Waals surface area contributed by atoms with Crippen LogP contribution in [0.25, 0.3) is 0 Å². The van der Waals surface area contributed by atoms with Crippen molar-refractivity contribution in [1.82, 2.24) is 9.78 Å². The van der Waals surface area contributed by atoms with E-state index in [1.165, 1.54) is 25.7 Å². The van der Waals surface area contributed by atoms with E-state index < -0.39 is 0 Å². The van der Waals surface area contributed by atoms with E-state index in [4.69, 9.17) is 5.73 Å². The van der Waals surface area contributed by atoms with Gasteiger partial charge in [-0.05, 0) is 25.7 Å². The molecule has 0 radical (unpaired) electrons. The lowest BCUT2D eigenvalue weighted by atomic mass is 9.85. The fraction of sp³-hybridized carbons (Fsp3) is 0.769. The molecule has 2 rings (SSSR count). The number of hydrogen-bond acceptors (Lipinski definition) is 3. The molecule has 4 heteroatoms. The summed E-state index contributed by atoms with van der Waals surface area (Å²) in [5, 5.41) is 4.40. The van der Waals surface area contributed by atoms with Gasteiger partial charge in [0.15, 0.2) is 0 Å². The smallest absolute Gasteiger partial charge is 0.150 e. The molecule has 2 atom stereocenters. The van der Waals surface area contributed by atoms with Crippen LogP contribution < -0.4 is 10.6 Å². The van der Waals surface area contributed by atoms with Gasteiger partial charge >= 0.3 is 0 Å². The van der Waals surface area contributed by atoms with Crippen molar-refractivity contribution in [2.75, 3.05) is 17.7 Å². The number of nitrogen functional groups attached to an aromatic ring is 1. The Balaban J connectivity index is 2.26. The number of nitrogens with zero attached hydrogens (tertiary/aromatic N) is 3. The molecule has 1 aliphatic rings. The highest BCUT2D eigenvalue weighted by atomic mass is 15.4. The van der Waals surface area contributed by atoms with Crippen LogP contribution in [0.1, 0.15) is 38.3 Å². The van der Waals surface area contributed by atoms with Crippen molar-refractivity contribution in [1.29, 1.82) is 0 Å². The first-order chi connectivity index (χ1) is 8.02. The van der Waals surface area contributed by atoms with Crippen LogP contribution in [0.4, 0.5) is 11.5 Å². The molecule has 0 saturated heterocycles. The van der Waals surface area contributed by atoms with Crippen molar-refractivity contribution in [3.8, 4) is 0 Å². The monoisotopic (exact) mass is 236 g/mol. The summed E-state index contributed by atoms with van der Waals surface area (Å²) >= 11 is 0. The van der Waals surface area contributed by atoms with Gasteiger partial charge in [-0.1, -0.05) is 19.8 Å². The van der Waals surface area contributed by atoms with Crippen LogP contribution in [0.15, 0.2) is 0 Å². The summed E-state index contributed by atoms with van der Waals surface area (Å²) in [4.78, 5) is 2.33. The van der Waals surface area contributed by atoms with Gasteiger partial charge in [0.1, 0.15) is 5.82 Å².